The topological polar surface area (TPSA) is 32.3 Å². The van der Waals surface area contributed by atoms with Gasteiger partial charge in [-0.3, -0.25) is 0 Å². The molecule has 1 atom stereocenters. The van der Waals surface area contributed by atoms with Gasteiger partial charge in [0, 0.05) is 0 Å². The molecule has 0 aromatic carbocycles. The Balaban J connectivity index is 2.30. The molecule has 0 amide bonds. The number of rotatable bonds is 2. The van der Waals surface area contributed by atoms with Crippen LogP contribution in [0.3, 0.4) is 0 Å². The zero-order chi connectivity index (χ0) is 9.90. The van der Waals surface area contributed by atoms with Crippen molar-refractivity contribution in [3.63, 3.8) is 0 Å². The fourth-order valence-electron chi connectivity index (χ4n) is 1.79. The number of aliphatic hydroxyl groups is 1. The van der Waals surface area contributed by atoms with Crippen LogP contribution in [-0.2, 0) is 0 Å². The van der Waals surface area contributed by atoms with Gasteiger partial charge in [-0.15, -0.1) is 0 Å². The van der Waals surface area contributed by atoms with Crippen LogP contribution in [0.4, 0.5) is 0 Å². The van der Waals surface area contributed by atoms with E-state index in [9.17, 15) is 5.11 Å². The Kier molecular flexibility index (Phi) is 3.74. The summed E-state index contributed by atoms with van der Waals surface area (Å²) in [5, 5.41) is 13.3. The van der Waals surface area contributed by atoms with E-state index in [-0.39, 0.29) is 11.5 Å². The first kappa shape index (κ1) is 11.0. The van der Waals surface area contributed by atoms with Crippen LogP contribution in [0.5, 0.6) is 0 Å². The second kappa shape index (κ2) is 4.43. The third kappa shape index (κ3) is 3.65. The molecular formula is C11H23NO. The summed E-state index contributed by atoms with van der Waals surface area (Å²) < 4.78 is 0. The van der Waals surface area contributed by atoms with Gasteiger partial charge in [-0.1, -0.05) is 20.8 Å². The Hall–Kier alpha value is -0.0800. The predicted molar refractivity (Wildman–Crippen MR) is 55.7 cm³/mol. The fraction of sp³-hybridized carbons (Fsp3) is 1.00. The number of piperidine rings is 1. The Bertz CT molecular complexity index is 145. The van der Waals surface area contributed by atoms with Crippen LogP contribution in [0.1, 0.15) is 40.0 Å². The molecule has 1 saturated heterocycles. The Morgan fingerprint density at radius 2 is 1.85 bits per heavy atom. The Labute approximate surface area is 81.7 Å². The van der Waals surface area contributed by atoms with Gasteiger partial charge in [-0.05, 0) is 43.7 Å². The third-order valence-electron chi connectivity index (χ3n) is 3.01. The Morgan fingerprint density at radius 1 is 1.31 bits per heavy atom. The molecule has 0 saturated carbocycles. The zero-order valence-electron chi connectivity index (χ0n) is 9.14. The molecule has 2 N–H and O–H groups in total. The second-order valence-electron chi connectivity index (χ2n) is 5.31. The maximum atomic E-state index is 9.92. The van der Waals surface area contributed by atoms with Gasteiger partial charge < -0.3 is 10.4 Å². The van der Waals surface area contributed by atoms with E-state index >= 15 is 0 Å². The smallest absolute Gasteiger partial charge is 0.0591 e. The average molecular weight is 185 g/mol. The normalized spacial score (nSPS) is 23.1. The predicted octanol–water partition coefficient (Wildman–Crippen LogP) is 1.78. The minimum absolute atomic E-state index is 0.0465. The lowest BCUT2D eigenvalue weighted by atomic mass is 9.81. The molecule has 2 nitrogen and oxygen atoms in total. The van der Waals surface area contributed by atoms with Gasteiger partial charge in [0.2, 0.25) is 0 Å². The summed E-state index contributed by atoms with van der Waals surface area (Å²) in [6.45, 7) is 8.58. The summed E-state index contributed by atoms with van der Waals surface area (Å²) in [4.78, 5) is 0. The van der Waals surface area contributed by atoms with E-state index in [1.807, 2.05) is 0 Å². The van der Waals surface area contributed by atoms with E-state index in [1.165, 1.54) is 12.8 Å². The lowest BCUT2D eigenvalue weighted by Crippen LogP contribution is -2.33. The average Bonchev–Trinajstić information content (AvgIpc) is 2.04. The maximum Gasteiger partial charge on any atom is 0.0591 e. The highest BCUT2D eigenvalue weighted by molar-refractivity contribution is 4.78. The van der Waals surface area contributed by atoms with Crippen molar-refractivity contribution in [2.45, 2.75) is 46.1 Å². The minimum atomic E-state index is -0.143. The van der Waals surface area contributed by atoms with E-state index < -0.39 is 0 Å². The molecule has 0 radical (unpaired) electrons. The lowest BCUT2D eigenvalue weighted by molar-refractivity contribution is 0.0367. The highest BCUT2D eigenvalue weighted by Gasteiger charge is 2.25. The summed E-state index contributed by atoms with van der Waals surface area (Å²) in [6, 6.07) is 0. The third-order valence-corrected chi connectivity index (χ3v) is 3.01. The van der Waals surface area contributed by atoms with Crippen molar-refractivity contribution in [1.29, 1.82) is 0 Å². The number of nitrogens with one attached hydrogen (secondary N) is 1. The molecule has 2 heteroatoms. The van der Waals surface area contributed by atoms with Crippen molar-refractivity contribution in [3.8, 4) is 0 Å². The van der Waals surface area contributed by atoms with Crippen LogP contribution >= 0.6 is 0 Å². The van der Waals surface area contributed by atoms with Crippen molar-refractivity contribution in [3.05, 3.63) is 0 Å². The SMILES string of the molecule is CC(C)(C)C(O)CC1CCNCC1. The minimum Gasteiger partial charge on any atom is -0.393 e. The summed E-state index contributed by atoms with van der Waals surface area (Å²) in [7, 11) is 0. The monoisotopic (exact) mass is 185 g/mol. The van der Waals surface area contributed by atoms with E-state index in [2.05, 4.69) is 26.1 Å². The van der Waals surface area contributed by atoms with Gasteiger partial charge in [-0.25, -0.2) is 0 Å². The van der Waals surface area contributed by atoms with Crippen molar-refractivity contribution in [2.75, 3.05) is 13.1 Å². The van der Waals surface area contributed by atoms with Crippen molar-refractivity contribution in [1.82, 2.24) is 5.32 Å². The standard InChI is InChI=1S/C11H23NO/c1-11(2,3)10(13)8-9-4-6-12-7-5-9/h9-10,12-13H,4-8H2,1-3H3. The number of aliphatic hydroxyl groups excluding tert-OH is 1. The van der Waals surface area contributed by atoms with Gasteiger partial charge in [0.15, 0.2) is 0 Å². The van der Waals surface area contributed by atoms with Gasteiger partial charge in [0.05, 0.1) is 6.10 Å². The van der Waals surface area contributed by atoms with Crippen LogP contribution in [0.2, 0.25) is 0 Å². The fourth-order valence-corrected chi connectivity index (χ4v) is 1.79. The summed E-state index contributed by atoms with van der Waals surface area (Å²) in [5.41, 5.74) is 0.0465. The molecular weight excluding hydrogens is 162 g/mol. The van der Waals surface area contributed by atoms with Crippen LogP contribution < -0.4 is 5.32 Å². The molecule has 78 valence electrons. The van der Waals surface area contributed by atoms with Crippen LogP contribution in [0.25, 0.3) is 0 Å². The molecule has 1 aliphatic rings. The molecule has 0 aliphatic carbocycles. The molecule has 13 heavy (non-hydrogen) atoms. The first-order valence-corrected chi connectivity index (χ1v) is 5.39. The molecule has 1 heterocycles. The van der Waals surface area contributed by atoms with Crippen molar-refractivity contribution < 1.29 is 5.11 Å². The highest BCUT2D eigenvalue weighted by atomic mass is 16.3. The molecule has 0 bridgehead atoms. The molecule has 1 fully saturated rings. The molecule has 0 aromatic heterocycles. The summed E-state index contributed by atoms with van der Waals surface area (Å²) >= 11 is 0. The molecule has 1 rings (SSSR count). The highest BCUT2D eigenvalue weighted by Crippen LogP contribution is 2.27. The Morgan fingerprint density at radius 3 is 2.31 bits per heavy atom. The lowest BCUT2D eigenvalue weighted by Gasteiger charge is -2.31. The van der Waals surface area contributed by atoms with E-state index in [4.69, 9.17) is 0 Å². The van der Waals surface area contributed by atoms with E-state index in [0.717, 1.165) is 25.4 Å². The first-order chi connectivity index (χ1) is 6.00. The first-order valence-electron chi connectivity index (χ1n) is 5.39. The van der Waals surface area contributed by atoms with E-state index in [0.29, 0.717) is 0 Å². The summed E-state index contributed by atoms with van der Waals surface area (Å²) in [5.74, 6) is 0.732. The second-order valence-corrected chi connectivity index (χ2v) is 5.31. The van der Waals surface area contributed by atoms with Gasteiger partial charge in [0.25, 0.3) is 0 Å². The van der Waals surface area contributed by atoms with Gasteiger partial charge in [-0.2, -0.15) is 0 Å². The molecule has 0 spiro atoms. The maximum absolute atomic E-state index is 9.92. The summed E-state index contributed by atoms with van der Waals surface area (Å²) in [6.07, 6.45) is 3.29. The molecule has 1 unspecified atom stereocenters. The number of hydrogen-bond donors (Lipinski definition) is 2. The van der Waals surface area contributed by atoms with Gasteiger partial charge in [0.1, 0.15) is 0 Å². The van der Waals surface area contributed by atoms with Crippen LogP contribution in [-0.4, -0.2) is 24.3 Å². The zero-order valence-corrected chi connectivity index (χ0v) is 9.14. The van der Waals surface area contributed by atoms with Gasteiger partial charge >= 0.3 is 0 Å². The molecule has 0 aromatic rings. The largest absolute Gasteiger partial charge is 0.393 e. The van der Waals surface area contributed by atoms with Crippen LogP contribution in [0.15, 0.2) is 0 Å². The van der Waals surface area contributed by atoms with Crippen molar-refractivity contribution >= 4 is 0 Å². The molecule has 1 aliphatic heterocycles. The quantitative estimate of drug-likeness (QED) is 0.687. The van der Waals surface area contributed by atoms with E-state index in [1.54, 1.807) is 0 Å². The van der Waals surface area contributed by atoms with Crippen molar-refractivity contribution in [2.24, 2.45) is 11.3 Å². The van der Waals surface area contributed by atoms with Crippen LogP contribution in [0, 0.1) is 11.3 Å². The number of hydrogen-bond acceptors (Lipinski definition) is 2.